The first-order valence-corrected chi connectivity index (χ1v) is 6.91. The van der Waals surface area contributed by atoms with E-state index in [9.17, 15) is 14.4 Å². The first kappa shape index (κ1) is 18.4. The van der Waals surface area contributed by atoms with Crippen LogP contribution in [-0.2, 0) is 28.6 Å². The minimum Gasteiger partial charge on any atom is -0.465 e. The van der Waals surface area contributed by atoms with Gasteiger partial charge in [0.1, 0.15) is 18.7 Å². The number of nitrogens with zero attached hydrogens (tertiary/aromatic N) is 2. The SMILES string of the molecule is COCCOC(=O)CC1C(=O)NCCN1/C=C(\C#N)C(=O)OC. The van der Waals surface area contributed by atoms with E-state index in [0.717, 1.165) is 7.11 Å². The number of methoxy groups -OCH3 is 2. The van der Waals surface area contributed by atoms with Gasteiger partial charge in [-0.25, -0.2) is 4.79 Å². The van der Waals surface area contributed by atoms with Crippen molar-refractivity contribution >= 4 is 17.8 Å². The Bertz CT molecular complexity index is 525. The topological polar surface area (TPSA) is 118 Å². The molecule has 1 aliphatic heterocycles. The Hall–Kier alpha value is -2.60. The molecule has 9 nitrogen and oxygen atoms in total. The van der Waals surface area contributed by atoms with Gasteiger partial charge in [0.15, 0.2) is 5.57 Å². The summed E-state index contributed by atoms with van der Waals surface area (Å²) in [5.41, 5.74) is -0.250. The van der Waals surface area contributed by atoms with E-state index in [4.69, 9.17) is 14.7 Å². The summed E-state index contributed by atoms with van der Waals surface area (Å²) < 4.78 is 14.2. The lowest BCUT2D eigenvalue weighted by Crippen LogP contribution is -2.54. The third-order valence-electron chi connectivity index (χ3n) is 3.10. The minimum absolute atomic E-state index is 0.0884. The van der Waals surface area contributed by atoms with Crippen LogP contribution in [0.3, 0.4) is 0 Å². The maximum atomic E-state index is 12.0. The zero-order valence-corrected chi connectivity index (χ0v) is 13.0. The van der Waals surface area contributed by atoms with Crippen molar-refractivity contribution in [1.82, 2.24) is 10.2 Å². The first-order valence-electron chi connectivity index (χ1n) is 6.91. The molecule has 0 radical (unpaired) electrons. The summed E-state index contributed by atoms with van der Waals surface area (Å²) in [6.07, 6.45) is 1.03. The van der Waals surface area contributed by atoms with E-state index in [2.05, 4.69) is 10.1 Å². The van der Waals surface area contributed by atoms with Gasteiger partial charge in [0, 0.05) is 26.4 Å². The van der Waals surface area contributed by atoms with Crippen LogP contribution in [-0.4, -0.2) is 69.3 Å². The second-order valence-electron chi connectivity index (χ2n) is 4.61. The predicted molar refractivity (Wildman–Crippen MR) is 76.7 cm³/mol. The summed E-state index contributed by atoms with van der Waals surface area (Å²) in [7, 11) is 2.63. The monoisotopic (exact) mass is 325 g/mol. The second kappa shape index (κ2) is 9.42. The van der Waals surface area contributed by atoms with Gasteiger partial charge in [-0.05, 0) is 0 Å². The number of hydrogen-bond acceptors (Lipinski definition) is 8. The summed E-state index contributed by atoms with van der Waals surface area (Å²) in [5.74, 6) is -1.75. The minimum atomic E-state index is -0.855. The predicted octanol–water partition coefficient (Wildman–Crippen LogP) is -1.05. The van der Waals surface area contributed by atoms with E-state index in [1.807, 2.05) is 0 Å². The number of nitrogens with one attached hydrogen (secondary N) is 1. The number of esters is 2. The zero-order chi connectivity index (χ0) is 17.2. The quantitative estimate of drug-likeness (QED) is 0.272. The molecule has 0 spiro atoms. The number of carbonyl (C=O) groups is 3. The molecule has 1 fully saturated rings. The molecular formula is C14H19N3O6. The van der Waals surface area contributed by atoms with E-state index in [0.29, 0.717) is 13.1 Å². The van der Waals surface area contributed by atoms with Gasteiger partial charge in [-0.1, -0.05) is 0 Å². The summed E-state index contributed by atoms with van der Waals surface area (Å²) >= 11 is 0. The van der Waals surface area contributed by atoms with E-state index >= 15 is 0 Å². The van der Waals surface area contributed by atoms with Crippen molar-refractivity contribution < 1.29 is 28.6 Å². The van der Waals surface area contributed by atoms with Crippen LogP contribution < -0.4 is 5.32 Å². The Morgan fingerprint density at radius 3 is 2.78 bits per heavy atom. The molecule has 1 rings (SSSR count). The summed E-state index contributed by atoms with van der Waals surface area (Å²) in [4.78, 5) is 36.6. The molecule has 1 aliphatic rings. The number of carbonyl (C=O) groups excluding carboxylic acids is 3. The van der Waals surface area contributed by atoms with Crippen LogP contribution in [0.4, 0.5) is 0 Å². The van der Waals surface area contributed by atoms with E-state index in [-0.39, 0.29) is 31.1 Å². The lowest BCUT2D eigenvalue weighted by atomic mass is 10.1. The van der Waals surface area contributed by atoms with Gasteiger partial charge >= 0.3 is 11.9 Å². The third-order valence-corrected chi connectivity index (χ3v) is 3.10. The van der Waals surface area contributed by atoms with Crippen LogP contribution in [0.5, 0.6) is 0 Å². The highest BCUT2D eigenvalue weighted by atomic mass is 16.6. The molecule has 1 saturated heterocycles. The largest absolute Gasteiger partial charge is 0.465 e. The fourth-order valence-corrected chi connectivity index (χ4v) is 1.96. The van der Waals surface area contributed by atoms with Crippen LogP contribution >= 0.6 is 0 Å². The van der Waals surface area contributed by atoms with Crippen molar-refractivity contribution in [2.75, 3.05) is 40.5 Å². The van der Waals surface area contributed by atoms with Crippen molar-refractivity contribution in [2.24, 2.45) is 0 Å². The molecule has 0 saturated carbocycles. The lowest BCUT2D eigenvalue weighted by Gasteiger charge is -2.33. The van der Waals surface area contributed by atoms with Crippen molar-refractivity contribution in [3.05, 3.63) is 11.8 Å². The normalized spacial score (nSPS) is 18.0. The maximum absolute atomic E-state index is 12.0. The molecule has 1 amide bonds. The Labute approximate surface area is 133 Å². The number of amides is 1. The molecule has 0 aromatic heterocycles. The average Bonchev–Trinajstić information content (AvgIpc) is 2.55. The van der Waals surface area contributed by atoms with Gasteiger partial charge in [-0.2, -0.15) is 5.26 Å². The average molecular weight is 325 g/mol. The van der Waals surface area contributed by atoms with Crippen LogP contribution in [0, 0.1) is 11.3 Å². The highest BCUT2D eigenvalue weighted by Crippen LogP contribution is 2.13. The molecule has 9 heteroatoms. The van der Waals surface area contributed by atoms with Gasteiger partial charge < -0.3 is 24.4 Å². The van der Waals surface area contributed by atoms with Crippen molar-refractivity contribution in [2.45, 2.75) is 12.5 Å². The van der Waals surface area contributed by atoms with E-state index in [1.165, 1.54) is 18.2 Å². The molecule has 0 aliphatic carbocycles. The molecule has 1 heterocycles. The number of piperazine rings is 1. The van der Waals surface area contributed by atoms with Gasteiger partial charge in [0.2, 0.25) is 5.91 Å². The first-order chi connectivity index (χ1) is 11.0. The molecule has 0 aromatic carbocycles. The van der Waals surface area contributed by atoms with Crippen molar-refractivity contribution in [3.63, 3.8) is 0 Å². The number of nitriles is 1. The maximum Gasteiger partial charge on any atom is 0.350 e. The van der Waals surface area contributed by atoms with Gasteiger partial charge in [-0.3, -0.25) is 9.59 Å². The smallest absolute Gasteiger partial charge is 0.350 e. The Morgan fingerprint density at radius 2 is 2.17 bits per heavy atom. The van der Waals surface area contributed by atoms with Gasteiger partial charge in [0.05, 0.1) is 20.1 Å². The molecule has 1 unspecified atom stereocenters. The highest BCUT2D eigenvalue weighted by Gasteiger charge is 2.31. The molecule has 1 atom stereocenters. The molecule has 23 heavy (non-hydrogen) atoms. The van der Waals surface area contributed by atoms with Crippen molar-refractivity contribution in [1.29, 1.82) is 5.26 Å². The number of ether oxygens (including phenoxy) is 3. The van der Waals surface area contributed by atoms with Crippen molar-refractivity contribution in [3.8, 4) is 6.07 Å². The molecule has 1 N–H and O–H groups in total. The highest BCUT2D eigenvalue weighted by molar-refractivity contribution is 5.93. The Balaban J connectivity index is 2.81. The van der Waals surface area contributed by atoms with Crippen LogP contribution in [0.2, 0.25) is 0 Å². The van der Waals surface area contributed by atoms with Gasteiger partial charge in [-0.15, -0.1) is 0 Å². The Morgan fingerprint density at radius 1 is 1.43 bits per heavy atom. The molecular weight excluding hydrogens is 306 g/mol. The fourth-order valence-electron chi connectivity index (χ4n) is 1.96. The van der Waals surface area contributed by atoms with E-state index in [1.54, 1.807) is 6.07 Å². The van der Waals surface area contributed by atoms with Gasteiger partial charge in [0.25, 0.3) is 0 Å². The van der Waals surface area contributed by atoms with Crippen LogP contribution in [0.25, 0.3) is 0 Å². The lowest BCUT2D eigenvalue weighted by molar-refractivity contribution is -0.148. The third kappa shape index (κ3) is 5.60. The summed E-state index contributed by atoms with van der Waals surface area (Å²) in [6.45, 7) is 1.03. The van der Waals surface area contributed by atoms with Crippen LogP contribution in [0.1, 0.15) is 6.42 Å². The fraction of sp³-hybridized carbons (Fsp3) is 0.571. The number of rotatable bonds is 7. The zero-order valence-electron chi connectivity index (χ0n) is 13.0. The standard InChI is InChI=1S/C14H19N3O6/c1-21-5-6-23-12(18)7-11-13(19)16-3-4-17(11)9-10(8-15)14(20)22-2/h9,11H,3-7H2,1-2H3,(H,16,19)/b10-9+. The van der Waals surface area contributed by atoms with Crippen LogP contribution in [0.15, 0.2) is 11.8 Å². The Kier molecular flexibility index (Phi) is 7.56. The molecule has 126 valence electrons. The molecule has 0 bridgehead atoms. The summed E-state index contributed by atoms with van der Waals surface area (Å²) in [5, 5.41) is 11.6. The van der Waals surface area contributed by atoms with E-state index < -0.39 is 18.0 Å². The summed E-state index contributed by atoms with van der Waals surface area (Å²) in [6, 6.07) is 0.856. The molecule has 0 aromatic rings. The number of hydrogen-bond donors (Lipinski definition) is 1. The second-order valence-corrected chi connectivity index (χ2v) is 4.61.